The van der Waals surface area contributed by atoms with Crippen molar-refractivity contribution in [2.24, 2.45) is 7.05 Å². The van der Waals surface area contributed by atoms with Crippen LogP contribution >= 0.6 is 0 Å². The van der Waals surface area contributed by atoms with Gasteiger partial charge in [-0.25, -0.2) is 4.68 Å². The van der Waals surface area contributed by atoms with Gasteiger partial charge in [0, 0.05) is 18.3 Å². The lowest BCUT2D eigenvalue weighted by Crippen LogP contribution is -2.22. The molecule has 0 fully saturated rings. The molecule has 0 unspecified atom stereocenters. The summed E-state index contributed by atoms with van der Waals surface area (Å²) < 4.78 is 5.43. The summed E-state index contributed by atoms with van der Waals surface area (Å²) in [4.78, 5) is 25.8. The Morgan fingerprint density at radius 3 is 2.03 bits per heavy atom. The first-order chi connectivity index (χ1) is 13.9. The monoisotopic (exact) mass is 385 g/mol. The maximum absolute atomic E-state index is 13.6. The van der Waals surface area contributed by atoms with Gasteiger partial charge in [-0.05, 0) is 44.5 Å². The minimum absolute atomic E-state index is 0.0181. The Labute approximate surface area is 169 Å². The molecule has 0 radical (unpaired) electrons. The summed E-state index contributed by atoms with van der Waals surface area (Å²) in [5.74, 6) is -0.0181. The molecule has 0 amide bonds. The fraction of sp³-hybridized carbons (Fsp3) is 0.167. The molecule has 146 valence electrons. The lowest BCUT2D eigenvalue weighted by Gasteiger charge is -2.11. The normalized spacial score (nSPS) is 11.0. The quantitative estimate of drug-likeness (QED) is 0.487. The predicted octanol–water partition coefficient (Wildman–Crippen LogP) is 4.45. The number of ketones is 1. The third-order valence-electron chi connectivity index (χ3n) is 5.44. The molecule has 2 aromatic heterocycles. The first kappa shape index (κ1) is 18.7. The zero-order chi connectivity index (χ0) is 20.7. The van der Waals surface area contributed by atoms with Crippen LogP contribution < -0.4 is 5.56 Å². The van der Waals surface area contributed by atoms with E-state index in [0.717, 1.165) is 28.3 Å². The van der Waals surface area contributed by atoms with Gasteiger partial charge in [0.1, 0.15) is 5.69 Å². The van der Waals surface area contributed by atoms with E-state index in [1.165, 1.54) is 0 Å². The van der Waals surface area contributed by atoms with Gasteiger partial charge < -0.3 is 4.57 Å². The molecule has 5 nitrogen and oxygen atoms in total. The number of hydrogen-bond donors (Lipinski definition) is 0. The molecule has 29 heavy (non-hydrogen) atoms. The lowest BCUT2D eigenvalue weighted by atomic mass is 10.1. The average molecular weight is 385 g/mol. The molecule has 5 heteroatoms. The highest BCUT2D eigenvalue weighted by Gasteiger charge is 2.24. The van der Waals surface area contributed by atoms with Crippen LogP contribution in [-0.2, 0) is 7.05 Å². The van der Waals surface area contributed by atoms with E-state index < -0.39 is 0 Å². The van der Waals surface area contributed by atoms with Gasteiger partial charge in [-0.2, -0.15) is 0 Å². The number of carbonyl (C=O) groups excluding carboxylic acids is 1. The summed E-state index contributed by atoms with van der Waals surface area (Å²) in [7, 11) is 1.88. The number of carbonyl (C=O) groups is 1. The van der Waals surface area contributed by atoms with Gasteiger partial charge in [0.25, 0.3) is 5.56 Å². The Hall–Kier alpha value is -3.60. The SMILES string of the molecule is CC(=O)c1cc(-c2ccccc2)n(-c2c(C)n(C)n(-c3ccccc3)c2=O)c1C. The molecular weight excluding hydrogens is 362 g/mol. The van der Waals surface area contributed by atoms with E-state index in [1.54, 1.807) is 11.6 Å². The second-order valence-corrected chi connectivity index (χ2v) is 7.20. The van der Waals surface area contributed by atoms with Gasteiger partial charge in [0.2, 0.25) is 0 Å². The first-order valence-corrected chi connectivity index (χ1v) is 9.55. The molecule has 0 bridgehead atoms. The van der Waals surface area contributed by atoms with Gasteiger partial charge in [-0.1, -0.05) is 48.5 Å². The fourth-order valence-corrected chi connectivity index (χ4v) is 3.88. The topological polar surface area (TPSA) is 48.9 Å². The molecule has 2 aromatic carbocycles. The van der Waals surface area contributed by atoms with Crippen molar-refractivity contribution in [3.63, 3.8) is 0 Å². The van der Waals surface area contributed by atoms with Crippen LogP contribution in [0.5, 0.6) is 0 Å². The highest BCUT2D eigenvalue weighted by Crippen LogP contribution is 2.30. The smallest absolute Gasteiger partial charge is 0.295 e. The van der Waals surface area contributed by atoms with Crippen molar-refractivity contribution in [3.05, 3.63) is 94.0 Å². The maximum Gasteiger partial charge on any atom is 0.295 e. The number of aromatic nitrogens is 3. The zero-order valence-electron chi connectivity index (χ0n) is 17.0. The third kappa shape index (κ3) is 2.95. The highest BCUT2D eigenvalue weighted by atomic mass is 16.1. The van der Waals surface area contributed by atoms with Gasteiger partial charge in [0.15, 0.2) is 5.78 Å². The Morgan fingerprint density at radius 1 is 0.862 bits per heavy atom. The van der Waals surface area contributed by atoms with E-state index in [1.807, 2.05) is 96.9 Å². The van der Waals surface area contributed by atoms with Gasteiger partial charge in [0.05, 0.1) is 17.1 Å². The molecule has 4 rings (SSSR count). The Kier molecular flexibility index (Phi) is 4.59. The summed E-state index contributed by atoms with van der Waals surface area (Å²) in [5, 5.41) is 0. The number of benzene rings is 2. The molecule has 0 aliphatic carbocycles. The summed E-state index contributed by atoms with van der Waals surface area (Å²) in [6, 6.07) is 21.3. The van der Waals surface area contributed by atoms with E-state index in [4.69, 9.17) is 0 Å². The summed E-state index contributed by atoms with van der Waals surface area (Å²) in [5.41, 5.74) is 5.23. The van der Waals surface area contributed by atoms with Crippen LogP contribution in [0.25, 0.3) is 22.6 Å². The fourth-order valence-electron chi connectivity index (χ4n) is 3.88. The minimum Gasteiger partial charge on any atom is -0.307 e. The number of hydrogen-bond acceptors (Lipinski definition) is 2. The molecule has 0 aliphatic rings. The molecule has 0 N–H and O–H groups in total. The molecule has 0 saturated carbocycles. The van der Waals surface area contributed by atoms with Crippen molar-refractivity contribution in [1.82, 2.24) is 13.9 Å². The van der Waals surface area contributed by atoms with Crippen LogP contribution in [0.1, 0.15) is 28.7 Å². The number of nitrogens with zero attached hydrogens (tertiary/aromatic N) is 3. The average Bonchev–Trinajstić information content (AvgIpc) is 3.17. The Bertz CT molecular complexity index is 1260. The van der Waals surface area contributed by atoms with Crippen LogP contribution in [0, 0.1) is 13.8 Å². The van der Waals surface area contributed by atoms with Crippen LogP contribution in [0.4, 0.5) is 0 Å². The second-order valence-electron chi connectivity index (χ2n) is 7.20. The van der Waals surface area contributed by atoms with Gasteiger partial charge in [-0.15, -0.1) is 0 Å². The van der Waals surface area contributed by atoms with Crippen molar-refractivity contribution < 1.29 is 4.79 Å². The Balaban J connectivity index is 2.07. The molecule has 0 saturated heterocycles. The summed E-state index contributed by atoms with van der Waals surface area (Å²) >= 11 is 0. The third-order valence-corrected chi connectivity index (χ3v) is 5.44. The first-order valence-electron chi connectivity index (χ1n) is 9.55. The predicted molar refractivity (Wildman–Crippen MR) is 115 cm³/mol. The van der Waals surface area contributed by atoms with E-state index in [0.29, 0.717) is 11.3 Å². The van der Waals surface area contributed by atoms with Gasteiger partial charge in [-0.3, -0.25) is 14.3 Å². The van der Waals surface area contributed by atoms with Crippen molar-refractivity contribution >= 4 is 5.78 Å². The summed E-state index contributed by atoms with van der Waals surface area (Å²) in [6.07, 6.45) is 0. The van der Waals surface area contributed by atoms with Crippen molar-refractivity contribution in [2.45, 2.75) is 20.8 Å². The standard InChI is InChI=1S/C24H23N3O2/c1-16-21(18(3)28)15-22(19-11-7-5-8-12-19)26(16)23-17(2)25(4)27(24(23)29)20-13-9-6-10-14-20/h5-15H,1-4H3. The van der Waals surface area contributed by atoms with E-state index >= 15 is 0 Å². The largest absolute Gasteiger partial charge is 0.307 e. The maximum atomic E-state index is 13.6. The van der Waals surface area contributed by atoms with E-state index in [-0.39, 0.29) is 11.3 Å². The van der Waals surface area contributed by atoms with E-state index in [9.17, 15) is 9.59 Å². The van der Waals surface area contributed by atoms with Crippen LogP contribution in [-0.4, -0.2) is 19.7 Å². The molecule has 2 heterocycles. The molecule has 4 aromatic rings. The molecule has 0 atom stereocenters. The van der Waals surface area contributed by atoms with Crippen molar-refractivity contribution in [2.75, 3.05) is 0 Å². The zero-order valence-corrected chi connectivity index (χ0v) is 17.0. The van der Waals surface area contributed by atoms with Crippen LogP contribution in [0.2, 0.25) is 0 Å². The number of Topliss-reactive ketones (excluding diaryl/α,β-unsaturated/α-hetero) is 1. The highest BCUT2D eigenvalue weighted by molar-refractivity contribution is 5.97. The van der Waals surface area contributed by atoms with Crippen molar-refractivity contribution in [1.29, 1.82) is 0 Å². The van der Waals surface area contributed by atoms with E-state index in [2.05, 4.69) is 0 Å². The second kappa shape index (κ2) is 7.09. The minimum atomic E-state index is -0.123. The van der Waals surface area contributed by atoms with Crippen LogP contribution in [0.15, 0.2) is 71.5 Å². The molecule has 0 aliphatic heterocycles. The molecular formula is C24H23N3O2. The van der Waals surface area contributed by atoms with Crippen LogP contribution in [0.3, 0.4) is 0 Å². The number of para-hydroxylation sites is 1. The summed E-state index contributed by atoms with van der Waals surface area (Å²) in [6.45, 7) is 5.38. The molecule has 0 spiro atoms. The lowest BCUT2D eigenvalue weighted by molar-refractivity contribution is 0.101. The van der Waals surface area contributed by atoms with Crippen molar-refractivity contribution in [3.8, 4) is 22.6 Å². The van der Waals surface area contributed by atoms with Gasteiger partial charge >= 0.3 is 0 Å². The number of rotatable bonds is 4. The Morgan fingerprint density at radius 2 is 1.45 bits per heavy atom.